The highest BCUT2D eigenvalue weighted by Crippen LogP contribution is 2.21. The number of amides is 1. The number of rotatable bonds is 3. The van der Waals surface area contributed by atoms with E-state index in [-0.39, 0.29) is 17.6 Å². The third-order valence-corrected chi connectivity index (χ3v) is 4.27. The van der Waals surface area contributed by atoms with Gasteiger partial charge in [0.1, 0.15) is 0 Å². The summed E-state index contributed by atoms with van der Waals surface area (Å²) in [7, 11) is 0. The maximum absolute atomic E-state index is 12.7. The lowest BCUT2D eigenvalue weighted by Crippen LogP contribution is -2.14. The van der Waals surface area contributed by atoms with Crippen LogP contribution in [0.3, 0.4) is 0 Å². The molecular weight excluding hydrogens is 332 g/mol. The lowest BCUT2D eigenvalue weighted by molar-refractivity contribution is 0.102. The van der Waals surface area contributed by atoms with E-state index < -0.39 is 0 Å². The van der Waals surface area contributed by atoms with Crippen molar-refractivity contribution in [3.05, 3.63) is 52.2 Å². The van der Waals surface area contributed by atoms with Gasteiger partial charge < -0.3 is 15.3 Å². The zero-order chi connectivity index (χ0) is 18.4. The third-order valence-electron chi connectivity index (χ3n) is 4.27. The maximum atomic E-state index is 12.7. The highest BCUT2D eigenvalue weighted by Gasteiger charge is 2.15. The SMILES string of the molecule is Cc1nc2c(cnn2C(C)C)cc1C(=O)Nc1ccc2[nH]c(=O)[nH]c2c1. The summed E-state index contributed by atoms with van der Waals surface area (Å²) >= 11 is 0. The standard InChI is InChI=1S/C18H18N6O2/c1-9(2)24-16-11(8-19-24)6-13(10(3)20-16)17(25)21-12-4-5-14-15(7-12)23-18(26)22-14/h4-9H,1-3H3,(H,21,25)(H2,22,23,26). The Morgan fingerprint density at radius 2 is 1.96 bits per heavy atom. The van der Waals surface area contributed by atoms with Gasteiger partial charge in [-0.1, -0.05) is 0 Å². The number of anilines is 1. The first-order valence-corrected chi connectivity index (χ1v) is 8.30. The second-order valence-electron chi connectivity index (χ2n) is 6.51. The molecule has 26 heavy (non-hydrogen) atoms. The minimum Gasteiger partial charge on any atom is -0.322 e. The van der Waals surface area contributed by atoms with Crippen molar-refractivity contribution in [1.82, 2.24) is 24.7 Å². The summed E-state index contributed by atoms with van der Waals surface area (Å²) in [6.45, 7) is 5.87. The number of benzene rings is 1. The molecule has 0 bridgehead atoms. The number of carbonyl (C=O) groups is 1. The molecule has 0 aliphatic carbocycles. The lowest BCUT2D eigenvalue weighted by Gasteiger charge is -2.10. The van der Waals surface area contributed by atoms with Crippen molar-refractivity contribution in [3.63, 3.8) is 0 Å². The predicted molar refractivity (Wildman–Crippen MR) is 99.5 cm³/mol. The van der Waals surface area contributed by atoms with Gasteiger partial charge in [-0.25, -0.2) is 14.5 Å². The Kier molecular flexibility index (Phi) is 3.61. The summed E-state index contributed by atoms with van der Waals surface area (Å²) in [5, 5.41) is 8.01. The summed E-state index contributed by atoms with van der Waals surface area (Å²) in [5.41, 5.74) is 3.52. The Morgan fingerprint density at radius 3 is 2.73 bits per heavy atom. The van der Waals surface area contributed by atoms with Crippen LogP contribution >= 0.6 is 0 Å². The van der Waals surface area contributed by atoms with E-state index in [1.54, 1.807) is 37.4 Å². The van der Waals surface area contributed by atoms with Crippen molar-refractivity contribution in [2.75, 3.05) is 5.32 Å². The molecule has 0 aliphatic rings. The smallest absolute Gasteiger partial charge is 0.322 e. The molecular formula is C18H18N6O2. The topological polar surface area (TPSA) is 108 Å². The van der Waals surface area contributed by atoms with Gasteiger partial charge in [0, 0.05) is 17.1 Å². The van der Waals surface area contributed by atoms with E-state index in [1.165, 1.54) is 0 Å². The maximum Gasteiger partial charge on any atom is 0.323 e. The first kappa shape index (κ1) is 16.1. The average molecular weight is 350 g/mol. The van der Waals surface area contributed by atoms with Crippen LogP contribution in [0.1, 0.15) is 35.9 Å². The van der Waals surface area contributed by atoms with Crippen LogP contribution in [0.25, 0.3) is 22.1 Å². The summed E-state index contributed by atoms with van der Waals surface area (Å²) in [4.78, 5) is 34.0. The van der Waals surface area contributed by atoms with Crippen molar-refractivity contribution >= 4 is 33.7 Å². The Hall–Kier alpha value is -3.42. The molecule has 0 aliphatic heterocycles. The summed E-state index contributed by atoms with van der Waals surface area (Å²) in [6.07, 6.45) is 1.72. The highest BCUT2D eigenvalue weighted by molar-refractivity contribution is 6.07. The van der Waals surface area contributed by atoms with Crippen LogP contribution in [0.15, 0.2) is 35.3 Å². The van der Waals surface area contributed by atoms with Crippen molar-refractivity contribution in [2.45, 2.75) is 26.8 Å². The Labute approximate surface area is 148 Å². The molecule has 0 atom stereocenters. The molecule has 0 unspecified atom stereocenters. The number of aromatic nitrogens is 5. The van der Waals surface area contributed by atoms with Gasteiger partial charge in [-0.2, -0.15) is 5.10 Å². The number of aromatic amines is 2. The fourth-order valence-corrected chi connectivity index (χ4v) is 2.98. The van der Waals surface area contributed by atoms with Crippen LogP contribution in [-0.2, 0) is 0 Å². The fourth-order valence-electron chi connectivity index (χ4n) is 2.98. The minimum atomic E-state index is -0.281. The molecule has 0 saturated heterocycles. The van der Waals surface area contributed by atoms with Gasteiger partial charge in [0.15, 0.2) is 5.65 Å². The largest absolute Gasteiger partial charge is 0.323 e. The van der Waals surface area contributed by atoms with E-state index in [1.807, 2.05) is 18.5 Å². The van der Waals surface area contributed by atoms with E-state index in [4.69, 9.17) is 0 Å². The number of pyridine rings is 1. The van der Waals surface area contributed by atoms with Crippen LogP contribution in [0.5, 0.6) is 0 Å². The zero-order valence-corrected chi connectivity index (χ0v) is 14.6. The highest BCUT2D eigenvalue weighted by atomic mass is 16.2. The summed E-state index contributed by atoms with van der Waals surface area (Å²) in [5.74, 6) is -0.258. The van der Waals surface area contributed by atoms with Crippen LogP contribution in [-0.4, -0.2) is 30.6 Å². The molecule has 0 saturated carbocycles. The quantitative estimate of drug-likeness (QED) is 0.528. The van der Waals surface area contributed by atoms with Gasteiger partial charge in [-0.3, -0.25) is 4.79 Å². The predicted octanol–water partition coefficient (Wildman–Crippen LogP) is 2.74. The number of nitrogens with zero attached hydrogens (tertiary/aromatic N) is 3. The number of hydrogen-bond acceptors (Lipinski definition) is 4. The molecule has 4 aromatic rings. The van der Waals surface area contributed by atoms with Crippen LogP contribution in [0.4, 0.5) is 5.69 Å². The van der Waals surface area contributed by atoms with Gasteiger partial charge in [-0.05, 0) is 45.0 Å². The van der Waals surface area contributed by atoms with Gasteiger partial charge in [0.2, 0.25) is 0 Å². The number of fused-ring (bicyclic) bond motifs is 2. The molecule has 1 aromatic carbocycles. The summed E-state index contributed by atoms with van der Waals surface area (Å²) in [6, 6.07) is 7.18. The average Bonchev–Trinajstić information content (AvgIpc) is 3.15. The third kappa shape index (κ3) is 2.65. The van der Waals surface area contributed by atoms with Gasteiger partial charge in [-0.15, -0.1) is 0 Å². The van der Waals surface area contributed by atoms with E-state index >= 15 is 0 Å². The number of carbonyl (C=O) groups excluding carboxylic acids is 1. The Morgan fingerprint density at radius 1 is 1.19 bits per heavy atom. The molecule has 3 N–H and O–H groups in total. The van der Waals surface area contributed by atoms with Crippen molar-refractivity contribution < 1.29 is 4.79 Å². The minimum absolute atomic E-state index is 0.189. The second kappa shape index (κ2) is 5.83. The molecule has 0 fully saturated rings. The van der Waals surface area contributed by atoms with Crippen molar-refractivity contribution in [1.29, 1.82) is 0 Å². The van der Waals surface area contributed by atoms with Crippen molar-refractivity contribution in [2.24, 2.45) is 0 Å². The first-order chi connectivity index (χ1) is 12.4. The number of aryl methyl sites for hydroxylation is 1. The van der Waals surface area contributed by atoms with E-state index in [0.717, 1.165) is 11.0 Å². The molecule has 8 nitrogen and oxygen atoms in total. The fraction of sp³-hybridized carbons (Fsp3) is 0.222. The molecule has 4 rings (SSSR count). The molecule has 3 heterocycles. The van der Waals surface area contributed by atoms with E-state index in [2.05, 4.69) is 25.4 Å². The van der Waals surface area contributed by atoms with Gasteiger partial charge in [0.05, 0.1) is 28.5 Å². The summed E-state index contributed by atoms with van der Waals surface area (Å²) < 4.78 is 1.83. The monoisotopic (exact) mass is 350 g/mol. The molecule has 132 valence electrons. The molecule has 0 spiro atoms. The normalized spacial score (nSPS) is 11.5. The molecule has 0 radical (unpaired) electrons. The van der Waals surface area contributed by atoms with E-state index in [9.17, 15) is 9.59 Å². The number of imidazole rings is 1. The van der Waals surface area contributed by atoms with E-state index in [0.29, 0.717) is 28.0 Å². The zero-order valence-electron chi connectivity index (χ0n) is 14.6. The lowest BCUT2D eigenvalue weighted by atomic mass is 10.1. The molecule has 1 amide bonds. The van der Waals surface area contributed by atoms with Crippen LogP contribution in [0.2, 0.25) is 0 Å². The van der Waals surface area contributed by atoms with Crippen LogP contribution in [0, 0.1) is 6.92 Å². The molecule has 8 heteroatoms. The molecule has 3 aromatic heterocycles. The number of H-pyrrole nitrogens is 2. The first-order valence-electron chi connectivity index (χ1n) is 8.30. The number of hydrogen-bond donors (Lipinski definition) is 3. The number of nitrogens with one attached hydrogen (secondary N) is 3. The Bertz CT molecular complexity index is 1200. The van der Waals surface area contributed by atoms with Gasteiger partial charge in [0.25, 0.3) is 5.91 Å². The van der Waals surface area contributed by atoms with Crippen molar-refractivity contribution in [3.8, 4) is 0 Å². The Balaban J connectivity index is 1.68. The van der Waals surface area contributed by atoms with Crippen LogP contribution < -0.4 is 11.0 Å². The van der Waals surface area contributed by atoms with Gasteiger partial charge >= 0.3 is 5.69 Å². The second-order valence-corrected chi connectivity index (χ2v) is 6.51.